The van der Waals surface area contributed by atoms with E-state index in [0.717, 1.165) is 0 Å². The highest BCUT2D eigenvalue weighted by molar-refractivity contribution is 7.21. The highest BCUT2D eigenvalue weighted by atomic mass is 32.1. The number of thiophene rings is 1. The summed E-state index contributed by atoms with van der Waals surface area (Å²) in [6.45, 7) is 12.6. The van der Waals surface area contributed by atoms with Gasteiger partial charge >= 0.3 is 0 Å². The van der Waals surface area contributed by atoms with Crippen LogP contribution < -0.4 is 15.6 Å². The predicted octanol–water partition coefficient (Wildman–Crippen LogP) is 6.57. The average molecular weight is 537 g/mol. The summed E-state index contributed by atoms with van der Waals surface area (Å²) >= 11 is 1.23. The van der Waals surface area contributed by atoms with E-state index in [1.165, 1.54) is 28.0 Å². The van der Waals surface area contributed by atoms with Crippen molar-refractivity contribution in [2.24, 2.45) is 7.05 Å². The minimum absolute atomic E-state index is 0.221. The minimum atomic E-state index is -1.14. The second-order valence-corrected chi connectivity index (χ2v) is 12.3. The molecule has 200 valence electrons. The molecule has 6 nitrogen and oxygen atoms in total. The lowest BCUT2D eigenvalue weighted by atomic mass is 9.93. The number of aryl methyl sites for hydroxylation is 3. The molecule has 2 heterocycles. The number of benzene rings is 2. The van der Waals surface area contributed by atoms with E-state index in [0.29, 0.717) is 54.3 Å². The predicted molar refractivity (Wildman–Crippen MR) is 151 cm³/mol. The zero-order chi connectivity index (χ0) is 28.2. The summed E-state index contributed by atoms with van der Waals surface area (Å²) in [7, 11) is 1.66. The van der Waals surface area contributed by atoms with Gasteiger partial charge in [0.25, 0.3) is 11.5 Å². The van der Waals surface area contributed by atoms with Crippen LogP contribution in [0, 0.1) is 19.7 Å². The van der Waals surface area contributed by atoms with Gasteiger partial charge in [0.15, 0.2) is 0 Å². The van der Waals surface area contributed by atoms with Crippen molar-refractivity contribution < 1.29 is 19.0 Å². The zero-order valence-electron chi connectivity index (χ0n) is 22.9. The van der Waals surface area contributed by atoms with Gasteiger partial charge in [-0.2, -0.15) is 0 Å². The van der Waals surface area contributed by atoms with Crippen molar-refractivity contribution in [3.8, 4) is 22.6 Å². The van der Waals surface area contributed by atoms with Gasteiger partial charge in [0.1, 0.15) is 17.3 Å². The summed E-state index contributed by atoms with van der Waals surface area (Å²) < 4.78 is 22.4. The van der Waals surface area contributed by atoms with E-state index in [1.807, 2.05) is 26.8 Å². The number of carbonyl (C=O) groups is 1. The number of halogens is 1. The van der Waals surface area contributed by atoms with Gasteiger partial charge in [0.05, 0.1) is 20.6 Å². The van der Waals surface area contributed by atoms with Gasteiger partial charge in [-0.3, -0.25) is 9.59 Å². The molecule has 1 amide bonds. The van der Waals surface area contributed by atoms with Crippen LogP contribution in [0.1, 0.15) is 61.0 Å². The third-order valence-corrected chi connectivity index (χ3v) is 7.34. The van der Waals surface area contributed by atoms with Gasteiger partial charge in [-0.15, -0.1) is 11.3 Å². The molecule has 0 atom stereocenters. The summed E-state index contributed by atoms with van der Waals surface area (Å²) in [5.74, 6) is 0.404. The maximum absolute atomic E-state index is 14.0. The molecule has 38 heavy (non-hydrogen) atoms. The number of fused-ring (bicyclic) bond motifs is 1. The Bertz CT molecular complexity index is 1600. The van der Waals surface area contributed by atoms with E-state index in [2.05, 4.69) is 5.32 Å². The molecule has 2 aromatic carbocycles. The number of hydrogen-bond donors (Lipinski definition) is 2. The summed E-state index contributed by atoms with van der Waals surface area (Å²) in [6, 6.07) is 9.83. The van der Waals surface area contributed by atoms with Crippen LogP contribution in [0.3, 0.4) is 0 Å². The average Bonchev–Trinajstić information content (AvgIpc) is 3.23. The van der Waals surface area contributed by atoms with Crippen molar-refractivity contribution in [2.45, 2.75) is 59.6 Å². The molecule has 0 aliphatic rings. The number of pyridine rings is 1. The molecular weight excluding hydrogens is 503 g/mol. The second kappa shape index (κ2) is 9.67. The largest absolute Gasteiger partial charge is 0.456 e. The molecule has 2 N–H and O–H groups in total. The molecular formula is C30H33FN2O4S. The lowest BCUT2D eigenvalue weighted by molar-refractivity contribution is 0.0786. The number of rotatable bonds is 5. The molecule has 2 aromatic heterocycles. The first-order valence-electron chi connectivity index (χ1n) is 12.3. The number of nitrogens with zero attached hydrogens (tertiary/aromatic N) is 1. The smallest absolute Gasteiger partial charge is 0.261 e. The quantitative estimate of drug-likeness (QED) is 0.302. The number of amides is 1. The Kier molecular flexibility index (Phi) is 7.01. The fourth-order valence-corrected chi connectivity index (χ4v) is 5.40. The van der Waals surface area contributed by atoms with Crippen molar-refractivity contribution in [3.63, 3.8) is 0 Å². The number of hydrogen-bond acceptors (Lipinski definition) is 5. The van der Waals surface area contributed by atoms with Crippen LogP contribution in [-0.2, 0) is 12.6 Å². The molecule has 0 unspecified atom stereocenters. The van der Waals surface area contributed by atoms with Crippen LogP contribution in [0.2, 0.25) is 0 Å². The maximum atomic E-state index is 14.0. The van der Waals surface area contributed by atoms with E-state index in [1.54, 1.807) is 59.1 Å². The fourth-order valence-electron chi connectivity index (χ4n) is 4.34. The highest BCUT2D eigenvalue weighted by Crippen LogP contribution is 2.42. The lowest BCUT2D eigenvalue weighted by Gasteiger charge is -2.22. The van der Waals surface area contributed by atoms with Crippen LogP contribution in [0.5, 0.6) is 11.5 Å². The van der Waals surface area contributed by atoms with E-state index in [9.17, 15) is 19.1 Å². The van der Waals surface area contributed by atoms with Crippen LogP contribution in [-0.4, -0.2) is 21.1 Å². The summed E-state index contributed by atoms with van der Waals surface area (Å²) in [5.41, 5.74) is 1.46. The van der Waals surface area contributed by atoms with Crippen molar-refractivity contribution in [2.75, 3.05) is 0 Å². The number of carbonyl (C=O) groups excluding carboxylic acids is 1. The third kappa shape index (κ3) is 5.51. The molecule has 4 rings (SSSR count). The third-order valence-electron chi connectivity index (χ3n) is 6.18. The van der Waals surface area contributed by atoms with Crippen LogP contribution in [0.15, 0.2) is 47.4 Å². The number of aromatic nitrogens is 1. The molecule has 0 saturated carbocycles. The normalized spacial score (nSPS) is 12.2. The molecule has 0 aliphatic heterocycles. The van der Waals surface area contributed by atoms with Crippen molar-refractivity contribution >= 4 is 27.3 Å². The molecule has 0 spiro atoms. The Morgan fingerprint density at radius 1 is 1.03 bits per heavy atom. The molecule has 0 bridgehead atoms. The summed E-state index contributed by atoms with van der Waals surface area (Å²) in [5, 5.41) is 14.1. The first kappa shape index (κ1) is 27.5. The van der Waals surface area contributed by atoms with Gasteiger partial charge in [-0.25, -0.2) is 4.39 Å². The number of aliphatic hydroxyl groups is 1. The highest BCUT2D eigenvalue weighted by Gasteiger charge is 2.24. The fraction of sp³-hybridized carbons (Fsp3) is 0.333. The second-order valence-electron chi connectivity index (χ2n) is 11.3. The Balaban J connectivity index is 1.98. The van der Waals surface area contributed by atoms with E-state index < -0.39 is 11.1 Å². The first-order chi connectivity index (χ1) is 17.5. The SMILES string of the molecule is Cc1cc(F)cc(C)c1Oc1ccc(C(C)(C)O)cc1-c1cn(C)c(=O)c2cc(C(=O)NC(C)(C)C)sc12. The molecule has 0 aliphatic carbocycles. The Hall–Kier alpha value is -3.49. The van der Waals surface area contributed by atoms with Gasteiger partial charge in [0.2, 0.25) is 0 Å². The lowest BCUT2D eigenvalue weighted by Crippen LogP contribution is -2.40. The van der Waals surface area contributed by atoms with Gasteiger partial charge in [-0.05, 0) is 95.5 Å². The topological polar surface area (TPSA) is 80.6 Å². The minimum Gasteiger partial charge on any atom is -0.456 e. The number of nitrogens with one attached hydrogen (secondary N) is 1. The standard InChI is InChI=1S/C30H33FN2O4S/c1-16-11-19(31)12-17(2)25(16)37-23-10-9-18(30(6,7)36)13-20(23)22-15-33(8)28(35)21-14-24(38-26(21)22)27(34)32-29(3,4)5/h9-15,36H,1-8H3,(H,32,34). The molecule has 8 heteroatoms. The van der Waals surface area contributed by atoms with Crippen molar-refractivity contribution in [3.05, 3.63) is 80.3 Å². The van der Waals surface area contributed by atoms with Crippen molar-refractivity contribution in [1.29, 1.82) is 0 Å². The number of ether oxygens (including phenoxy) is 1. The van der Waals surface area contributed by atoms with E-state index in [-0.39, 0.29) is 17.3 Å². The van der Waals surface area contributed by atoms with Gasteiger partial charge < -0.3 is 19.7 Å². The van der Waals surface area contributed by atoms with E-state index in [4.69, 9.17) is 4.74 Å². The van der Waals surface area contributed by atoms with Gasteiger partial charge in [-0.1, -0.05) is 6.07 Å². The monoisotopic (exact) mass is 536 g/mol. The summed E-state index contributed by atoms with van der Waals surface area (Å²) in [6.07, 6.45) is 1.72. The van der Waals surface area contributed by atoms with Crippen LogP contribution in [0.25, 0.3) is 21.2 Å². The van der Waals surface area contributed by atoms with Crippen LogP contribution in [0.4, 0.5) is 4.39 Å². The van der Waals surface area contributed by atoms with Crippen LogP contribution >= 0.6 is 11.3 Å². The first-order valence-corrected chi connectivity index (χ1v) is 13.1. The molecule has 0 saturated heterocycles. The molecule has 0 radical (unpaired) electrons. The Labute approximate surface area is 225 Å². The molecule has 4 aromatic rings. The zero-order valence-corrected chi connectivity index (χ0v) is 23.8. The van der Waals surface area contributed by atoms with E-state index >= 15 is 0 Å². The molecule has 0 fully saturated rings. The Morgan fingerprint density at radius 2 is 1.66 bits per heavy atom. The van der Waals surface area contributed by atoms with Crippen molar-refractivity contribution in [1.82, 2.24) is 9.88 Å². The van der Waals surface area contributed by atoms with Gasteiger partial charge in [0, 0.05) is 29.9 Å². The summed E-state index contributed by atoms with van der Waals surface area (Å²) in [4.78, 5) is 26.5. The maximum Gasteiger partial charge on any atom is 0.261 e. The Morgan fingerprint density at radius 3 is 2.24 bits per heavy atom.